The minimum absolute atomic E-state index is 0.0385. The van der Waals surface area contributed by atoms with Crippen molar-refractivity contribution in [1.82, 2.24) is 0 Å². The van der Waals surface area contributed by atoms with Gasteiger partial charge in [0, 0.05) is 34.2 Å². The molecule has 1 aromatic carbocycles. The van der Waals surface area contributed by atoms with Crippen LogP contribution in [0, 0.1) is 0 Å². The maximum absolute atomic E-state index is 11.6. The molecule has 0 spiro atoms. The van der Waals surface area contributed by atoms with Gasteiger partial charge in [-0.1, -0.05) is 6.07 Å². The molecule has 0 aliphatic rings. The molecule has 3 N–H and O–H groups in total. The van der Waals surface area contributed by atoms with Crippen molar-refractivity contribution in [2.75, 3.05) is 34.6 Å². The number of benzene rings is 1. The van der Waals surface area contributed by atoms with Crippen molar-refractivity contribution >= 4 is 37.9 Å². The van der Waals surface area contributed by atoms with Crippen molar-refractivity contribution in [1.29, 1.82) is 0 Å². The minimum Gasteiger partial charge on any atom is -0.399 e. The van der Waals surface area contributed by atoms with Crippen molar-refractivity contribution in [2.24, 2.45) is 0 Å². The van der Waals surface area contributed by atoms with Gasteiger partial charge in [0.1, 0.15) is 15.6 Å². The summed E-state index contributed by atoms with van der Waals surface area (Å²) in [5.74, 6) is -0.893. The highest BCUT2D eigenvalue weighted by Gasteiger charge is 2.11. The first kappa shape index (κ1) is 15.6. The molecule has 0 bridgehead atoms. The third kappa shape index (κ3) is 6.92. The Bertz CT molecular complexity index is 584. The molecule has 0 aromatic heterocycles. The SMILES string of the molecule is CS(=O)(=O)CCS(=O)CC(=O)Nc1cccc(N)c1. The zero-order chi connectivity index (χ0) is 14.5. The van der Waals surface area contributed by atoms with Crippen LogP contribution in [-0.4, -0.2) is 42.0 Å². The van der Waals surface area contributed by atoms with Gasteiger partial charge in [-0.2, -0.15) is 0 Å². The monoisotopic (exact) mass is 304 g/mol. The summed E-state index contributed by atoms with van der Waals surface area (Å²) in [6, 6.07) is 6.61. The molecule has 0 radical (unpaired) electrons. The predicted octanol–water partition coefficient (Wildman–Crippen LogP) is 0.000600. The molecular formula is C11H16N2O4S2. The molecule has 106 valence electrons. The maximum Gasteiger partial charge on any atom is 0.236 e. The third-order valence-electron chi connectivity index (χ3n) is 2.14. The lowest BCUT2D eigenvalue weighted by atomic mass is 10.3. The van der Waals surface area contributed by atoms with E-state index in [0.717, 1.165) is 6.26 Å². The second kappa shape index (κ2) is 6.67. The van der Waals surface area contributed by atoms with Crippen LogP contribution in [0.1, 0.15) is 0 Å². The lowest BCUT2D eigenvalue weighted by molar-refractivity contribution is -0.113. The summed E-state index contributed by atoms with van der Waals surface area (Å²) in [5.41, 5.74) is 6.58. The smallest absolute Gasteiger partial charge is 0.236 e. The molecule has 0 fully saturated rings. The molecule has 6 nitrogen and oxygen atoms in total. The number of nitrogens with two attached hydrogens (primary N) is 1. The largest absolute Gasteiger partial charge is 0.399 e. The van der Waals surface area contributed by atoms with Gasteiger partial charge in [-0.25, -0.2) is 8.42 Å². The van der Waals surface area contributed by atoms with E-state index in [9.17, 15) is 17.4 Å². The average molecular weight is 304 g/mol. The van der Waals surface area contributed by atoms with Gasteiger partial charge in [0.25, 0.3) is 0 Å². The van der Waals surface area contributed by atoms with Crippen LogP contribution in [-0.2, 0) is 25.4 Å². The summed E-state index contributed by atoms with van der Waals surface area (Å²) in [7, 11) is -4.66. The molecule has 1 aromatic rings. The Morgan fingerprint density at radius 2 is 2.11 bits per heavy atom. The van der Waals surface area contributed by atoms with Gasteiger partial charge in [0.2, 0.25) is 5.91 Å². The first-order chi connectivity index (χ1) is 8.76. The number of amides is 1. The summed E-state index contributed by atoms with van der Waals surface area (Å²) in [4.78, 5) is 11.6. The number of carbonyl (C=O) groups is 1. The molecule has 0 saturated heterocycles. The third-order valence-corrected chi connectivity index (χ3v) is 4.59. The van der Waals surface area contributed by atoms with Gasteiger partial charge in [-0.15, -0.1) is 0 Å². The molecule has 0 heterocycles. The van der Waals surface area contributed by atoms with Crippen molar-refractivity contribution < 1.29 is 17.4 Å². The van der Waals surface area contributed by atoms with E-state index in [4.69, 9.17) is 5.73 Å². The van der Waals surface area contributed by atoms with Crippen LogP contribution in [0.5, 0.6) is 0 Å². The molecule has 0 aliphatic heterocycles. The summed E-state index contributed by atoms with van der Waals surface area (Å²) >= 11 is 0. The fraction of sp³-hybridized carbons (Fsp3) is 0.364. The zero-order valence-electron chi connectivity index (χ0n) is 10.5. The summed E-state index contributed by atoms with van der Waals surface area (Å²) < 4.78 is 33.3. The first-order valence-corrected chi connectivity index (χ1v) is 8.99. The lowest BCUT2D eigenvalue weighted by Gasteiger charge is -2.05. The normalized spacial score (nSPS) is 12.9. The van der Waals surface area contributed by atoms with Crippen LogP contribution in [0.15, 0.2) is 24.3 Å². The van der Waals surface area contributed by atoms with Gasteiger partial charge in [-0.05, 0) is 18.2 Å². The van der Waals surface area contributed by atoms with Crippen molar-refractivity contribution in [3.8, 4) is 0 Å². The van der Waals surface area contributed by atoms with Gasteiger partial charge in [-0.3, -0.25) is 9.00 Å². The Labute approximate surface area is 114 Å². The zero-order valence-corrected chi connectivity index (χ0v) is 12.1. The van der Waals surface area contributed by atoms with E-state index in [2.05, 4.69) is 5.32 Å². The van der Waals surface area contributed by atoms with Gasteiger partial charge in [0.15, 0.2) is 0 Å². The molecule has 1 unspecified atom stereocenters. The number of hydrogen-bond acceptors (Lipinski definition) is 5. The maximum atomic E-state index is 11.6. The number of hydrogen-bond donors (Lipinski definition) is 2. The summed E-state index contributed by atoms with van der Waals surface area (Å²) in [6.45, 7) is 0. The van der Waals surface area contributed by atoms with E-state index in [-0.39, 0.29) is 17.3 Å². The molecule has 19 heavy (non-hydrogen) atoms. The van der Waals surface area contributed by atoms with Crippen LogP contribution >= 0.6 is 0 Å². The Morgan fingerprint density at radius 3 is 2.68 bits per heavy atom. The van der Waals surface area contributed by atoms with Crippen LogP contribution < -0.4 is 11.1 Å². The first-order valence-electron chi connectivity index (χ1n) is 5.44. The number of carbonyl (C=O) groups excluding carboxylic acids is 1. The molecule has 0 saturated carbocycles. The van der Waals surface area contributed by atoms with Crippen molar-refractivity contribution in [2.45, 2.75) is 0 Å². The van der Waals surface area contributed by atoms with Gasteiger partial charge >= 0.3 is 0 Å². The van der Waals surface area contributed by atoms with Crippen LogP contribution in [0.2, 0.25) is 0 Å². The second-order valence-electron chi connectivity index (χ2n) is 4.09. The van der Waals surface area contributed by atoms with Gasteiger partial charge < -0.3 is 11.1 Å². The molecule has 1 atom stereocenters. The van der Waals surface area contributed by atoms with Crippen LogP contribution in [0.3, 0.4) is 0 Å². The van der Waals surface area contributed by atoms with E-state index < -0.39 is 26.5 Å². The average Bonchev–Trinajstić information content (AvgIpc) is 2.25. The van der Waals surface area contributed by atoms with Crippen LogP contribution in [0.25, 0.3) is 0 Å². The van der Waals surface area contributed by atoms with Crippen molar-refractivity contribution in [3.05, 3.63) is 24.3 Å². The fourth-order valence-corrected chi connectivity index (χ4v) is 3.74. The topological polar surface area (TPSA) is 106 Å². The standard InChI is InChI=1S/C11H16N2O4S2/c1-19(16,17)6-5-18(15)8-11(14)13-10-4-2-3-9(12)7-10/h2-4,7H,5-6,8,12H2,1H3,(H,13,14). The number of nitrogen functional groups attached to an aromatic ring is 1. The van der Waals surface area contributed by atoms with E-state index in [1.165, 1.54) is 0 Å². The Kier molecular flexibility index (Phi) is 5.49. The van der Waals surface area contributed by atoms with Crippen LogP contribution in [0.4, 0.5) is 11.4 Å². The quantitative estimate of drug-likeness (QED) is 0.720. The lowest BCUT2D eigenvalue weighted by Crippen LogP contribution is -2.23. The Balaban J connectivity index is 2.45. The molecular weight excluding hydrogens is 288 g/mol. The highest BCUT2D eigenvalue weighted by atomic mass is 32.2. The number of sulfone groups is 1. The second-order valence-corrected chi connectivity index (χ2v) is 7.93. The molecule has 0 aliphatic carbocycles. The predicted molar refractivity (Wildman–Crippen MR) is 77.1 cm³/mol. The molecule has 1 rings (SSSR count). The Morgan fingerprint density at radius 1 is 1.42 bits per heavy atom. The van der Waals surface area contributed by atoms with E-state index in [1.807, 2.05) is 0 Å². The van der Waals surface area contributed by atoms with Gasteiger partial charge in [0.05, 0.1) is 5.75 Å². The fourth-order valence-electron chi connectivity index (χ4n) is 1.28. The molecule has 1 amide bonds. The summed E-state index contributed by atoms with van der Waals surface area (Å²) in [5, 5.41) is 2.55. The van der Waals surface area contributed by atoms with E-state index in [1.54, 1.807) is 24.3 Å². The minimum atomic E-state index is -3.16. The number of anilines is 2. The van der Waals surface area contributed by atoms with E-state index in [0.29, 0.717) is 11.4 Å². The number of rotatable bonds is 6. The molecule has 8 heteroatoms. The van der Waals surface area contributed by atoms with E-state index >= 15 is 0 Å². The highest BCUT2D eigenvalue weighted by molar-refractivity contribution is 7.92. The highest BCUT2D eigenvalue weighted by Crippen LogP contribution is 2.11. The Hall–Kier alpha value is -1.41. The number of nitrogens with one attached hydrogen (secondary N) is 1. The van der Waals surface area contributed by atoms with Crippen molar-refractivity contribution in [3.63, 3.8) is 0 Å². The summed E-state index contributed by atoms with van der Waals surface area (Å²) in [6.07, 6.45) is 1.07.